The van der Waals surface area contributed by atoms with Crippen molar-refractivity contribution in [3.63, 3.8) is 0 Å². The zero-order chi connectivity index (χ0) is 11.3. The quantitative estimate of drug-likeness (QED) is 0.586. The minimum absolute atomic E-state index is 0.302. The first kappa shape index (κ1) is 9.41. The average Bonchev–Trinajstić information content (AvgIpc) is 2.65. The number of anilines is 2. The molecule has 0 atom stereocenters. The van der Waals surface area contributed by atoms with Crippen molar-refractivity contribution in [2.24, 2.45) is 0 Å². The lowest BCUT2D eigenvalue weighted by Gasteiger charge is -2.06. The van der Waals surface area contributed by atoms with Crippen LogP contribution in [0.25, 0.3) is 21.8 Å². The number of fused-ring (bicyclic) bond motifs is 3. The van der Waals surface area contributed by atoms with Crippen molar-refractivity contribution in [3.8, 4) is 0 Å². The van der Waals surface area contributed by atoms with E-state index in [0.29, 0.717) is 11.8 Å². The third-order valence-electron chi connectivity index (χ3n) is 2.50. The summed E-state index contributed by atoms with van der Waals surface area (Å²) in [7, 11) is 0. The number of nitrogen functional groups attached to an aromatic ring is 2. The van der Waals surface area contributed by atoms with Gasteiger partial charge in [0.2, 0.25) is 0 Å². The Bertz CT molecular complexity index is 703. The third kappa shape index (κ3) is 1.16. The van der Waals surface area contributed by atoms with Crippen LogP contribution in [0.5, 0.6) is 0 Å². The minimum atomic E-state index is 0.302. The summed E-state index contributed by atoms with van der Waals surface area (Å²) in [5.74, 6) is 0.715. The zero-order valence-corrected chi connectivity index (χ0v) is 9.75. The van der Waals surface area contributed by atoms with Crippen LogP contribution in [0.2, 0.25) is 0 Å². The first-order valence-electron chi connectivity index (χ1n) is 4.64. The monoisotopic (exact) mass is 277 g/mol. The summed E-state index contributed by atoms with van der Waals surface area (Å²) < 4.78 is 0.904. The second-order valence-electron chi connectivity index (χ2n) is 3.50. The summed E-state index contributed by atoms with van der Waals surface area (Å²) in [6.07, 6.45) is 1.74. The minimum Gasteiger partial charge on any atom is -0.383 e. The van der Waals surface area contributed by atoms with Crippen LogP contribution in [-0.2, 0) is 0 Å². The fourth-order valence-electron chi connectivity index (χ4n) is 1.87. The predicted molar refractivity (Wildman–Crippen MR) is 67.9 cm³/mol. The van der Waals surface area contributed by atoms with Crippen LogP contribution >= 0.6 is 15.9 Å². The predicted octanol–water partition coefficient (Wildman–Crippen LogP) is 2.04. The molecule has 0 saturated carbocycles. The second kappa shape index (κ2) is 3.08. The highest BCUT2D eigenvalue weighted by Crippen LogP contribution is 2.32. The van der Waals surface area contributed by atoms with E-state index in [1.807, 2.05) is 12.1 Å². The van der Waals surface area contributed by atoms with Gasteiger partial charge in [-0.2, -0.15) is 4.98 Å². The van der Waals surface area contributed by atoms with Crippen LogP contribution in [0.1, 0.15) is 0 Å². The van der Waals surface area contributed by atoms with Gasteiger partial charge in [0.15, 0.2) is 5.95 Å². The molecule has 80 valence electrons. The van der Waals surface area contributed by atoms with Crippen molar-refractivity contribution in [3.05, 3.63) is 22.8 Å². The molecule has 5 N–H and O–H groups in total. The van der Waals surface area contributed by atoms with Gasteiger partial charge in [0.25, 0.3) is 0 Å². The van der Waals surface area contributed by atoms with Gasteiger partial charge in [0.05, 0.1) is 11.0 Å². The smallest absolute Gasteiger partial charge is 0.199 e. The maximum absolute atomic E-state index is 5.88. The fourth-order valence-corrected chi connectivity index (χ4v) is 2.41. The Morgan fingerprint density at radius 2 is 2.12 bits per heavy atom. The summed E-state index contributed by atoms with van der Waals surface area (Å²) in [5.41, 5.74) is 13.2. The molecule has 0 fully saturated rings. The van der Waals surface area contributed by atoms with Gasteiger partial charge in [-0.1, -0.05) is 0 Å². The first-order chi connectivity index (χ1) is 7.66. The number of halogens is 1. The lowest BCUT2D eigenvalue weighted by Crippen LogP contribution is -2.00. The molecule has 0 aliphatic rings. The van der Waals surface area contributed by atoms with E-state index in [9.17, 15) is 0 Å². The van der Waals surface area contributed by atoms with Crippen LogP contribution in [0.15, 0.2) is 22.8 Å². The highest BCUT2D eigenvalue weighted by Gasteiger charge is 2.10. The van der Waals surface area contributed by atoms with Gasteiger partial charge in [0.1, 0.15) is 5.82 Å². The molecule has 6 heteroatoms. The van der Waals surface area contributed by atoms with Crippen molar-refractivity contribution in [1.82, 2.24) is 15.0 Å². The van der Waals surface area contributed by atoms with E-state index in [0.717, 1.165) is 26.3 Å². The topological polar surface area (TPSA) is 93.6 Å². The van der Waals surface area contributed by atoms with Crippen LogP contribution in [0, 0.1) is 0 Å². The number of nitrogens with one attached hydrogen (secondary N) is 1. The molecule has 0 bridgehead atoms. The average molecular weight is 278 g/mol. The number of rotatable bonds is 0. The Hall–Kier alpha value is -1.82. The summed E-state index contributed by atoms with van der Waals surface area (Å²) in [5, 5.41) is 1.82. The van der Waals surface area contributed by atoms with E-state index in [2.05, 4.69) is 30.9 Å². The van der Waals surface area contributed by atoms with Gasteiger partial charge in [-0.05, 0) is 28.1 Å². The van der Waals surface area contributed by atoms with E-state index in [-0.39, 0.29) is 0 Å². The molecular formula is C10H8BrN5. The molecule has 1 aromatic carbocycles. The number of hydrogen-bond donors (Lipinski definition) is 3. The molecule has 3 rings (SSSR count). The maximum Gasteiger partial charge on any atom is 0.199 e. The molecule has 2 aromatic heterocycles. The van der Waals surface area contributed by atoms with Gasteiger partial charge in [-0.25, -0.2) is 0 Å². The molecule has 0 saturated heterocycles. The van der Waals surface area contributed by atoms with Crippen LogP contribution in [0.4, 0.5) is 11.8 Å². The summed E-state index contributed by atoms with van der Waals surface area (Å²) in [6, 6.07) is 3.81. The summed E-state index contributed by atoms with van der Waals surface area (Å²) in [4.78, 5) is 11.3. The van der Waals surface area contributed by atoms with Gasteiger partial charge in [0, 0.05) is 21.4 Å². The molecule has 0 radical (unpaired) electrons. The van der Waals surface area contributed by atoms with E-state index in [1.165, 1.54) is 0 Å². The van der Waals surface area contributed by atoms with Crippen molar-refractivity contribution >= 4 is 49.5 Å². The van der Waals surface area contributed by atoms with E-state index >= 15 is 0 Å². The Morgan fingerprint density at radius 3 is 2.94 bits per heavy atom. The summed E-state index contributed by atoms with van der Waals surface area (Å²) in [6.45, 7) is 0. The molecular weight excluding hydrogens is 270 g/mol. The lowest BCUT2D eigenvalue weighted by molar-refractivity contribution is 1.25. The Morgan fingerprint density at radius 1 is 1.31 bits per heavy atom. The highest BCUT2D eigenvalue weighted by atomic mass is 79.9. The normalized spacial score (nSPS) is 11.3. The largest absolute Gasteiger partial charge is 0.383 e. The molecule has 0 aliphatic heterocycles. The third-order valence-corrected chi connectivity index (χ3v) is 3.10. The van der Waals surface area contributed by atoms with Crippen LogP contribution < -0.4 is 11.5 Å². The molecule has 3 aromatic rings. The number of nitrogens with two attached hydrogens (primary N) is 2. The highest BCUT2D eigenvalue weighted by molar-refractivity contribution is 9.10. The Kier molecular flexibility index (Phi) is 1.81. The number of benzene rings is 1. The maximum atomic E-state index is 5.88. The van der Waals surface area contributed by atoms with Crippen molar-refractivity contribution in [2.75, 3.05) is 11.5 Å². The van der Waals surface area contributed by atoms with Crippen LogP contribution in [-0.4, -0.2) is 15.0 Å². The number of nitrogens with zero attached hydrogens (tertiary/aromatic N) is 2. The SMILES string of the molecule is Nc1nc(N)c2c(cc(Br)c3nccc32)[nH]1. The number of H-pyrrole nitrogens is 1. The van der Waals surface area contributed by atoms with Gasteiger partial charge in [-0.15, -0.1) is 0 Å². The summed E-state index contributed by atoms with van der Waals surface area (Å²) >= 11 is 3.46. The van der Waals surface area contributed by atoms with E-state index < -0.39 is 0 Å². The Balaban J connectivity index is 2.64. The lowest BCUT2D eigenvalue weighted by atomic mass is 10.1. The van der Waals surface area contributed by atoms with Crippen molar-refractivity contribution < 1.29 is 0 Å². The Labute approximate surface area is 99.0 Å². The fraction of sp³-hybridized carbons (Fsp3) is 0. The van der Waals surface area contributed by atoms with Gasteiger partial charge >= 0.3 is 0 Å². The number of aromatic nitrogens is 3. The van der Waals surface area contributed by atoms with Gasteiger partial charge < -0.3 is 16.5 Å². The molecule has 5 nitrogen and oxygen atoms in total. The van der Waals surface area contributed by atoms with E-state index in [1.54, 1.807) is 6.20 Å². The number of hydrogen-bond acceptors (Lipinski definition) is 4. The van der Waals surface area contributed by atoms with Crippen molar-refractivity contribution in [2.45, 2.75) is 0 Å². The van der Waals surface area contributed by atoms with Gasteiger partial charge in [-0.3, -0.25) is 4.98 Å². The zero-order valence-electron chi connectivity index (χ0n) is 8.16. The molecule has 0 aliphatic carbocycles. The van der Waals surface area contributed by atoms with E-state index in [4.69, 9.17) is 11.5 Å². The molecule has 0 unspecified atom stereocenters. The van der Waals surface area contributed by atoms with Crippen LogP contribution in [0.3, 0.4) is 0 Å². The molecule has 2 heterocycles. The van der Waals surface area contributed by atoms with Crippen molar-refractivity contribution in [1.29, 1.82) is 0 Å². The second-order valence-corrected chi connectivity index (χ2v) is 4.35. The standard InChI is InChI=1S/C10H8BrN5/c11-5-3-6-7(4-1-2-14-8(4)5)9(12)16-10(13)15-6/h1-3H,12H2,(H3,13,15,16). The first-order valence-corrected chi connectivity index (χ1v) is 5.44. The number of aromatic amines is 1. The molecule has 0 spiro atoms. The molecule has 0 amide bonds. The molecule has 16 heavy (non-hydrogen) atoms.